The molecule has 8 heteroatoms. The van der Waals surface area contributed by atoms with Gasteiger partial charge in [0.05, 0.1) is 11.6 Å². The van der Waals surface area contributed by atoms with Crippen LogP contribution in [-0.2, 0) is 7.05 Å². The maximum Gasteiger partial charge on any atom is 0.173 e. The van der Waals surface area contributed by atoms with E-state index in [2.05, 4.69) is 10.3 Å². The lowest BCUT2D eigenvalue weighted by Gasteiger charge is -2.34. The summed E-state index contributed by atoms with van der Waals surface area (Å²) in [6, 6.07) is 5.30. The molecular weight excluding hydrogens is 282 g/mol. The molecule has 1 aliphatic heterocycles. The van der Waals surface area contributed by atoms with Gasteiger partial charge in [0.15, 0.2) is 5.44 Å². The van der Waals surface area contributed by atoms with Crippen LogP contribution in [0.1, 0.15) is 0 Å². The second kappa shape index (κ2) is 5.21. The summed E-state index contributed by atoms with van der Waals surface area (Å²) in [4.78, 5) is 0. The molecule has 0 spiro atoms. The van der Waals surface area contributed by atoms with Crippen LogP contribution in [0.25, 0.3) is 11.0 Å². The molecule has 0 unspecified atom stereocenters. The molecule has 1 saturated heterocycles. The van der Waals surface area contributed by atoms with E-state index >= 15 is 0 Å². The van der Waals surface area contributed by atoms with Gasteiger partial charge in [-0.3, -0.25) is 0 Å². The van der Waals surface area contributed by atoms with Crippen LogP contribution in [0.5, 0.6) is 5.75 Å². The predicted octanol–water partition coefficient (Wildman–Crippen LogP) is -0.497. The Kier molecular flexibility index (Phi) is 3.55. The molecule has 0 aliphatic carbocycles. The fourth-order valence-electron chi connectivity index (χ4n) is 2.10. The monoisotopic (exact) mass is 297 g/mol. The van der Waals surface area contributed by atoms with E-state index in [-0.39, 0.29) is 0 Å². The van der Waals surface area contributed by atoms with Crippen molar-refractivity contribution >= 4 is 22.8 Å². The van der Waals surface area contributed by atoms with Crippen LogP contribution >= 0.6 is 11.8 Å². The molecule has 7 nitrogen and oxygen atoms in total. The maximum atomic E-state index is 9.91. The summed E-state index contributed by atoms with van der Waals surface area (Å²) in [5, 5.41) is 36.9. The van der Waals surface area contributed by atoms with Gasteiger partial charge in [-0.05, 0) is 12.1 Å². The molecule has 0 radical (unpaired) electrons. The summed E-state index contributed by atoms with van der Waals surface area (Å²) in [5.41, 5.74) is 0.956. The van der Waals surface area contributed by atoms with Crippen LogP contribution in [0.2, 0.25) is 0 Å². The second-order valence-electron chi connectivity index (χ2n) is 4.73. The van der Waals surface area contributed by atoms with E-state index in [0.29, 0.717) is 11.5 Å². The van der Waals surface area contributed by atoms with E-state index in [1.54, 1.807) is 29.9 Å². The number of nitrogens with zero attached hydrogens (tertiary/aromatic N) is 3. The van der Waals surface area contributed by atoms with Gasteiger partial charge >= 0.3 is 0 Å². The van der Waals surface area contributed by atoms with E-state index in [1.807, 2.05) is 0 Å². The van der Waals surface area contributed by atoms with Crippen molar-refractivity contribution in [3.63, 3.8) is 0 Å². The number of benzene rings is 1. The van der Waals surface area contributed by atoms with E-state index < -0.39 is 23.7 Å². The minimum atomic E-state index is -1.19. The third-order valence-corrected chi connectivity index (χ3v) is 4.53. The number of hydrogen-bond acceptors (Lipinski definition) is 7. The molecule has 1 aliphatic rings. The van der Waals surface area contributed by atoms with Crippen molar-refractivity contribution in [3.8, 4) is 5.75 Å². The second-order valence-corrected chi connectivity index (χ2v) is 5.86. The summed E-state index contributed by atoms with van der Waals surface area (Å²) < 4.78 is 7.32. The first-order chi connectivity index (χ1) is 9.56. The van der Waals surface area contributed by atoms with Crippen molar-refractivity contribution in [3.05, 3.63) is 18.2 Å². The largest absolute Gasteiger partial charge is 0.477 e. The molecule has 108 valence electrons. The first-order valence-corrected chi connectivity index (χ1v) is 7.23. The lowest BCUT2D eigenvalue weighted by molar-refractivity contribution is -0.0785. The van der Waals surface area contributed by atoms with Gasteiger partial charge in [-0.25, -0.2) is 4.68 Å². The number of rotatable bonds is 2. The van der Waals surface area contributed by atoms with Gasteiger partial charge in [-0.15, -0.1) is 16.9 Å². The molecule has 3 N–H and O–H groups in total. The molecule has 0 bridgehead atoms. The normalized spacial score (nSPS) is 30.6. The van der Waals surface area contributed by atoms with Crippen molar-refractivity contribution < 1.29 is 20.1 Å². The lowest BCUT2D eigenvalue weighted by atomic mass is 10.1. The Morgan fingerprint density at radius 2 is 2.10 bits per heavy atom. The minimum Gasteiger partial charge on any atom is -0.477 e. The van der Waals surface area contributed by atoms with Crippen LogP contribution < -0.4 is 4.74 Å². The van der Waals surface area contributed by atoms with E-state index in [0.717, 1.165) is 11.0 Å². The highest BCUT2D eigenvalue weighted by molar-refractivity contribution is 7.99. The number of aliphatic hydroxyl groups is 3. The Morgan fingerprint density at radius 1 is 1.30 bits per heavy atom. The third-order valence-electron chi connectivity index (χ3n) is 3.29. The van der Waals surface area contributed by atoms with E-state index in [1.165, 1.54) is 11.8 Å². The van der Waals surface area contributed by atoms with Crippen molar-refractivity contribution in [2.45, 2.75) is 23.7 Å². The quantitative estimate of drug-likeness (QED) is 0.687. The summed E-state index contributed by atoms with van der Waals surface area (Å²) in [5.74, 6) is 0.876. The molecular formula is C12H15N3O4S. The number of aryl methyl sites for hydroxylation is 1. The molecule has 2 aromatic rings. The molecule has 20 heavy (non-hydrogen) atoms. The number of aromatic nitrogens is 3. The molecule has 3 rings (SSSR count). The molecule has 2 heterocycles. The maximum absolute atomic E-state index is 9.91. The zero-order valence-electron chi connectivity index (χ0n) is 10.7. The molecule has 4 atom stereocenters. The SMILES string of the molecule is Cn1nnc2ccc(O[C@@H]3SC[C@@H](O)[C@H](O)[C@H]3O)cc21. The average molecular weight is 297 g/mol. The lowest BCUT2D eigenvalue weighted by Crippen LogP contribution is -2.50. The van der Waals surface area contributed by atoms with Crippen molar-refractivity contribution in [2.24, 2.45) is 7.05 Å². The highest BCUT2D eigenvalue weighted by Crippen LogP contribution is 2.30. The Balaban J connectivity index is 1.80. The zero-order chi connectivity index (χ0) is 14.3. The van der Waals surface area contributed by atoms with Crippen LogP contribution in [0.15, 0.2) is 18.2 Å². The first kappa shape index (κ1) is 13.6. The van der Waals surface area contributed by atoms with Gasteiger partial charge in [0.25, 0.3) is 0 Å². The van der Waals surface area contributed by atoms with Crippen LogP contribution in [0, 0.1) is 0 Å². The van der Waals surface area contributed by atoms with Gasteiger partial charge in [0.2, 0.25) is 0 Å². The number of fused-ring (bicyclic) bond motifs is 1. The van der Waals surface area contributed by atoms with E-state index in [4.69, 9.17) is 4.74 Å². The van der Waals surface area contributed by atoms with Crippen molar-refractivity contribution in [1.82, 2.24) is 15.0 Å². The number of hydrogen-bond donors (Lipinski definition) is 3. The molecule has 1 aromatic heterocycles. The molecule has 0 saturated carbocycles. The highest BCUT2D eigenvalue weighted by atomic mass is 32.2. The molecule has 1 aromatic carbocycles. The molecule has 0 amide bonds. The Bertz CT molecular complexity index is 620. The number of ether oxygens (including phenoxy) is 1. The minimum absolute atomic E-state index is 0.318. The topological polar surface area (TPSA) is 101 Å². The Hall–Kier alpha value is -1.35. The predicted molar refractivity (Wildman–Crippen MR) is 73.4 cm³/mol. The standard InChI is InChI=1S/C12H15N3O4S/c1-15-8-4-6(2-3-7(8)13-14-15)19-12-11(18)10(17)9(16)5-20-12/h2-4,9-12,16-18H,5H2,1H3/t9-,10+,11-,12-/m1/s1. The van der Waals surface area contributed by atoms with E-state index in [9.17, 15) is 15.3 Å². The van der Waals surface area contributed by atoms with Crippen LogP contribution in [-0.4, -0.2) is 59.8 Å². The zero-order valence-corrected chi connectivity index (χ0v) is 11.6. The van der Waals surface area contributed by atoms with Gasteiger partial charge in [-0.2, -0.15) is 0 Å². The highest BCUT2D eigenvalue weighted by Gasteiger charge is 2.38. The average Bonchev–Trinajstić information content (AvgIpc) is 2.81. The van der Waals surface area contributed by atoms with Gasteiger partial charge < -0.3 is 20.1 Å². The van der Waals surface area contributed by atoms with Crippen LogP contribution in [0.4, 0.5) is 0 Å². The Labute approximate surface area is 119 Å². The third kappa shape index (κ3) is 2.35. The van der Waals surface area contributed by atoms with Gasteiger partial charge in [0, 0.05) is 18.9 Å². The fourth-order valence-corrected chi connectivity index (χ4v) is 3.22. The summed E-state index contributed by atoms with van der Waals surface area (Å²) in [7, 11) is 1.78. The van der Waals surface area contributed by atoms with Crippen LogP contribution in [0.3, 0.4) is 0 Å². The fraction of sp³-hybridized carbons (Fsp3) is 0.500. The summed E-state index contributed by atoms with van der Waals surface area (Å²) in [6.45, 7) is 0. The summed E-state index contributed by atoms with van der Waals surface area (Å²) >= 11 is 1.27. The smallest absolute Gasteiger partial charge is 0.173 e. The Morgan fingerprint density at radius 3 is 2.90 bits per heavy atom. The number of aliphatic hydroxyl groups excluding tert-OH is 3. The molecule has 1 fully saturated rings. The van der Waals surface area contributed by atoms with Crippen molar-refractivity contribution in [1.29, 1.82) is 0 Å². The van der Waals surface area contributed by atoms with Crippen molar-refractivity contribution in [2.75, 3.05) is 5.75 Å². The summed E-state index contributed by atoms with van der Waals surface area (Å²) in [6.07, 6.45) is -3.26. The van der Waals surface area contributed by atoms with Gasteiger partial charge in [-0.1, -0.05) is 5.21 Å². The number of thioether (sulfide) groups is 1. The first-order valence-electron chi connectivity index (χ1n) is 6.18. The van der Waals surface area contributed by atoms with Gasteiger partial charge in [0.1, 0.15) is 23.5 Å².